The number of rotatable bonds is 8. The van der Waals surface area contributed by atoms with E-state index in [0.717, 1.165) is 38.6 Å². The Morgan fingerprint density at radius 3 is 2.42 bits per heavy atom. The van der Waals surface area contributed by atoms with Gasteiger partial charge in [-0.2, -0.15) is 4.31 Å². The zero-order valence-electron chi connectivity index (χ0n) is 15.4. The molecule has 0 bridgehead atoms. The maximum atomic E-state index is 12.8. The lowest BCUT2D eigenvalue weighted by Gasteiger charge is -2.20. The van der Waals surface area contributed by atoms with Crippen LogP contribution in [0.25, 0.3) is 0 Å². The molecule has 1 aliphatic heterocycles. The van der Waals surface area contributed by atoms with Crippen LogP contribution in [-0.2, 0) is 10.0 Å². The molecular formula is C18H30ClN3O3S. The molecule has 2 rings (SSSR count). The van der Waals surface area contributed by atoms with Gasteiger partial charge < -0.3 is 10.6 Å². The second-order valence-electron chi connectivity index (χ2n) is 6.35. The minimum absolute atomic E-state index is 0. The number of carbonyl (C=O) groups excluding carboxylic acids is 1. The van der Waals surface area contributed by atoms with Crippen molar-refractivity contribution in [1.29, 1.82) is 0 Å². The van der Waals surface area contributed by atoms with E-state index < -0.39 is 10.0 Å². The number of sulfonamides is 1. The minimum atomic E-state index is -3.53. The Morgan fingerprint density at radius 2 is 1.77 bits per heavy atom. The maximum Gasteiger partial charge on any atom is 0.251 e. The van der Waals surface area contributed by atoms with Crippen molar-refractivity contribution in [3.8, 4) is 0 Å². The van der Waals surface area contributed by atoms with E-state index in [9.17, 15) is 13.2 Å². The molecule has 1 aliphatic rings. The molecule has 1 amide bonds. The summed E-state index contributed by atoms with van der Waals surface area (Å²) in [5.41, 5.74) is 0.381. The van der Waals surface area contributed by atoms with E-state index in [-0.39, 0.29) is 23.2 Å². The lowest BCUT2D eigenvalue weighted by atomic mass is 10.2. The van der Waals surface area contributed by atoms with Crippen molar-refractivity contribution in [2.45, 2.75) is 43.9 Å². The first-order valence-corrected chi connectivity index (χ1v) is 10.6. The highest BCUT2D eigenvalue weighted by Gasteiger charge is 2.25. The van der Waals surface area contributed by atoms with Crippen LogP contribution >= 0.6 is 12.4 Å². The molecular weight excluding hydrogens is 374 g/mol. The first kappa shape index (κ1) is 22.9. The van der Waals surface area contributed by atoms with Gasteiger partial charge >= 0.3 is 0 Å². The summed E-state index contributed by atoms with van der Waals surface area (Å²) in [6.07, 6.45) is 4.97. The Bertz CT molecular complexity index is 659. The Kier molecular flexibility index (Phi) is 10.2. The van der Waals surface area contributed by atoms with Gasteiger partial charge in [-0.1, -0.05) is 25.8 Å². The SMILES string of the molecule is CCCNCCNC(=O)c1cccc(S(=O)(=O)N2CCCCCC2)c1.Cl. The molecule has 148 valence electrons. The van der Waals surface area contributed by atoms with E-state index in [2.05, 4.69) is 17.6 Å². The molecule has 1 saturated heterocycles. The molecule has 2 N–H and O–H groups in total. The minimum Gasteiger partial charge on any atom is -0.351 e. The van der Waals surface area contributed by atoms with Crippen LogP contribution in [0.3, 0.4) is 0 Å². The predicted molar refractivity (Wildman–Crippen MR) is 106 cm³/mol. The molecule has 1 aromatic carbocycles. The van der Waals surface area contributed by atoms with Gasteiger partial charge in [0.25, 0.3) is 5.91 Å². The first-order chi connectivity index (χ1) is 12.1. The average Bonchev–Trinajstić information content (AvgIpc) is 2.91. The highest BCUT2D eigenvalue weighted by atomic mass is 35.5. The Balaban J connectivity index is 0.00000338. The normalized spacial score (nSPS) is 15.7. The molecule has 0 atom stereocenters. The summed E-state index contributed by atoms with van der Waals surface area (Å²) in [4.78, 5) is 12.4. The Morgan fingerprint density at radius 1 is 1.08 bits per heavy atom. The van der Waals surface area contributed by atoms with Crippen LogP contribution in [0.2, 0.25) is 0 Å². The number of hydrogen-bond donors (Lipinski definition) is 2. The molecule has 1 aromatic rings. The summed E-state index contributed by atoms with van der Waals surface area (Å²) in [5.74, 6) is -0.244. The fourth-order valence-corrected chi connectivity index (χ4v) is 4.46. The molecule has 6 nitrogen and oxygen atoms in total. The summed E-state index contributed by atoms with van der Waals surface area (Å²) < 4.78 is 27.2. The molecule has 1 heterocycles. The van der Waals surface area contributed by atoms with Crippen LogP contribution in [0, 0.1) is 0 Å². The van der Waals surface area contributed by atoms with Crippen molar-refractivity contribution < 1.29 is 13.2 Å². The molecule has 0 spiro atoms. The highest BCUT2D eigenvalue weighted by molar-refractivity contribution is 7.89. The largest absolute Gasteiger partial charge is 0.351 e. The van der Waals surface area contributed by atoms with E-state index >= 15 is 0 Å². The molecule has 8 heteroatoms. The van der Waals surface area contributed by atoms with Crippen molar-refractivity contribution in [2.24, 2.45) is 0 Å². The van der Waals surface area contributed by atoms with Crippen molar-refractivity contribution in [3.63, 3.8) is 0 Å². The topological polar surface area (TPSA) is 78.5 Å². The molecule has 0 aromatic heterocycles. The van der Waals surface area contributed by atoms with Crippen molar-refractivity contribution in [3.05, 3.63) is 29.8 Å². The summed E-state index contributed by atoms with van der Waals surface area (Å²) in [5, 5.41) is 6.03. The summed E-state index contributed by atoms with van der Waals surface area (Å²) in [6.45, 7) is 5.33. The number of nitrogens with one attached hydrogen (secondary N) is 2. The highest BCUT2D eigenvalue weighted by Crippen LogP contribution is 2.21. The van der Waals surface area contributed by atoms with E-state index in [1.807, 2.05) is 0 Å². The van der Waals surface area contributed by atoms with Crippen molar-refractivity contribution in [2.75, 3.05) is 32.7 Å². The lowest BCUT2D eigenvalue weighted by Crippen LogP contribution is -2.33. The Hall–Kier alpha value is -1.15. The Labute approximate surface area is 163 Å². The van der Waals surface area contributed by atoms with Crippen LogP contribution in [0.4, 0.5) is 0 Å². The van der Waals surface area contributed by atoms with Crippen LogP contribution in [0.15, 0.2) is 29.2 Å². The van der Waals surface area contributed by atoms with Gasteiger partial charge in [0, 0.05) is 31.7 Å². The number of carbonyl (C=O) groups is 1. The fourth-order valence-electron chi connectivity index (χ4n) is 2.90. The quantitative estimate of drug-likeness (QED) is 0.653. The fraction of sp³-hybridized carbons (Fsp3) is 0.611. The van der Waals surface area contributed by atoms with Gasteiger partial charge in [0.2, 0.25) is 10.0 Å². The maximum absolute atomic E-state index is 12.8. The van der Waals surface area contributed by atoms with Gasteiger partial charge in [-0.3, -0.25) is 4.79 Å². The second-order valence-corrected chi connectivity index (χ2v) is 8.29. The monoisotopic (exact) mass is 403 g/mol. The molecule has 0 saturated carbocycles. The average molecular weight is 404 g/mol. The predicted octanol–water partition coefficient (Wildman–Crippen LogP) is 2.40. The zero-order chi connectivity index (χ0) is 18.1. The van der Waals surface area contributed by atoms with Crippen LogP contribution in [0.5, 0.6) is 0 Å². The van der Waals surface area contributed by atoms with Gasteiger partial charge in [-0.25, -0.2) is 8.42 Å². The molecule has 0 unspecified atom stereocenters. The molecule has 1 fully saturated rings. The summed E-state index contributed by atoms with van der Waals surface area (Å²) >= 11 is 0. The number of benzene rings is 1. The standard InChI is InChI=1S/C18H29N3O3S.ClH/c1-2-10-19-11-12-20-18(22)16-8-7-9-17(15-16)25(23,24)21-13-5-3-4-6-14-21;/h7-9,15,19H,2-6,10-14H2,1H3,(H,20,22);1H. The molecule has 0 aliphatic carbocycles. The number of halogens is 1. The summed E-state index contributed by atoms with van der Waals surface area (Å²) in [6, 6.07) is 6.33. The van der Waals surface area contributed by atoms with Gasteiger partial charge in [0.1, 0.15) is 0 Å². The van der Waals surface area contributed by atoms with Gasteiger partial charge in [0.05, 0.1) is 4.90 Å². The second kappa shape index (κ2) is 11.5. The zero-order valence-corrected chi connectivity index (χ0v) is 17.0. The first-order valence-electron chi connectivity index (χ1n) is 9.15. The third-order valence-corrected chi connectivity index (χ3v) is 6.21. The smallest absolute Gasteiger partial charge is 0.251 e. The number of hydrogen-bond acceptors (Lipinski definition) is 4. The van der Waals surface area contributed by atoms with Crippen LogP contribution in [0.1, 0.15) is 49.4 Å². The van der Waals surface area contributed by atoms with E-state index in [1.165, 1.54) is 6.07 Å². The van der Waals surface area contributed by atoms with Crippen molar-refractivity contribution >= 4 is 28.3 Å². The van der Waals surface area contributed by atoms with Crippen LogP contribution < -0.4 is 10.6 Å². The lowest BCUT2D eigenvalue weighted by molar-refractivity contribution is 0.0953. The van der Waals surface area contributed by atoms with Gasteiger partial charge in [-0.15, -0.1) is 12.4 Å². The van der Waals surface area contributed by atoms with E-state index in [0.29, 0.717) is 31.7 Å². The third-order valence-electron chi connectivity index (χ3n) is 4.31. The summed E-state index contributed by atoms with van der Waals surface area (Å²) in [7, 11) is -3.53. The molecule has 0 radical (unpaired) electrons. The van der Waals surface area contributed by atoms with Gasteiger partial charge in [-0.05, 0) is 44.0 Å². The van der Waals surface area contributed by atoms with Crippen LogP contribution in [-0.4, -0.2) is 51.4 Å². The van der Waals surface area contributed by atoms with E-state index in [1.54, 1.807) is 22.5 Å². The molecule has 26 heavy (non-hydrogen) atoms. The van der Waals surface area contributed by atoms with Gasteiger partial charge in [0.15, 0.2) is 0 Å². The number of nitrogens with zero attached hydrogens (tertiary/aromatic N) is 1. The third kappa shape index (κ3) is 6.54. The van der Waals surface area contributed by atoms with Crippen molar-refractivity contribution in [1.82, 2.24) is 14.9 Å². The number of amides is 1. The van der Waals surface area contributed by atoms with E-state index in [4.69, 9.17) is 0 Å².